The molecule has 3 N–H and O–H groups in total. The van der Waals surface area contributed by atoms with Crippen LogP contribution in [0.3, 0.4) is 0 Å². The third-order valence-corrected chi connectivity index (χ3v) is 7.11. The van der Waals surface area contributed by atoms with Crippen LogP contribution in [-0.2, 0) is 16.6 Å². The van der Waals surface area contributed by atoms with Gasteiger partial charge in [0.15, 0.2) is 0 Å². The number of aryl methyl sites for hydroxylation is 1. The molecule has 170 valence electrons. The molecule has 0 atom stereocenters. The van der Waals surface area contributed by atoms with Crippen molar-refractivity contribution in [2.75, 3.05) is 7.05 Å². The van der Waals surface area contributed by atoms with Gasteiger partial charge in [0, 0.05) is 37.5 Å². The van der Waals surface area contributed by atoms with Crippen LogP contribution >= 0.6 is 0 Å². The third-order valence-electron chi connectivity index (χ3n) is 5.27. The van der Waals surface area contributed by atoms with Gasteiger partial charge < -0.3 is 15.2 Å². The summed E-state index contributed by atoms with van der Waals surface area (Å²) in [5, 5.41) is 25.3. The van der Waals surface area contributed by atoms with Crippen molar-refractivity contribution >= 4 is 10.0 Å². The summed E-state index contributed by atoms with van der Waals surface area (Å²) in [6.45, 7) is 1.83. The fraction of sp³-hybridized carbons (Fsp3) is 0.130. The molecular formula is C23H22N4O5S. The molecule has 33 heavy (non-hydrogen) atoms. The first-order chi connectivity index (χ1) is 15.7. The lowest BCUT2D eigenvalue weighted by molar-refractivity contribution is 0.430. The Hall–Kier alpha value is -3.89. The Labute approximate surface area is 190 Å². The van der Waals surface area contributed by atoms with Crippen LogP contribution in [0, 0.1) is 6.92 Å². The van der Waals surface area contributed by atoms with Gasteiger partial charge in [-0.15, -0.1) is 0 Å². The number of sulfonamides is 1. The zero-order valence-corrected chi connectivity index (χ0v) is 18.7. The molecule has 4 aromatic rings. The molecule has 2 aromatic heterocycles. The average Bonchev–Trinajstić information content (AvgIpc) is 3.23. The molecule has 2 heterocycles. The molecule has 0 saturated carbocycles. The van der Waals surface area contributed by atoms with Gasteiger partial charge in [0.05, 0.1) is 17.6 Å². The topological polar surface area (TPSA) is 129 Å². The molecule has 0 bridgehead atoms. The van der Waals surface area contributed by atoms with Crippen LogP contribution < -0.4 is 5.56 Å². The Bertz CT molecular complexity index is 1490. The van der Waals surface area contributed by atoms with Crippen LogP contribution in [0.1, 0.15) is 11.1 Å². The first-order valence-corrected chi connectivity index (χ1v) is 11.4. The van der Waals surface area contributed by atoms with Gasteiger partial charge in [-0.3, -0.25) is 4.79 Å². The fourth-order valence-corrected chi connectivity index (χ4v) is 4.81. The smallest absolute Gasteiger partial charge is 0.248 e. The number of aromatic nitrogens is 3. The molecule has 0 aliphatic carbocycles. The highest BCUT2D eigenvalue weighted by Gasteiger charge is 2.27. The van der Waals surface area contributed by atoms with E-state index in [1.807, 2.05) is 31.2 Å². The number of phenols is 2. The summed E-state index contributed by atoms with van der Waals surface area (Å²) in [5.74, 6) is -0.880. The van der Waals surface area contributed by atoms with Crippen molar-refractivity contribution in [3.63, 3.8) is 0 Å². The molecule has 10 heteroatoms. The van der Waals surface area contributed by atoms with E-state index >= 15 is 0 Å². The van der Waals surface area contributed by atoms with Crippen LogP contribution in [0.15, 0.2) is 76.7 Å². The number of hydrogen-bond acceptors (Lipinski definition) is 6. The molecular weight excluding hydrogens is 444 g/mol. The highest BCUT2D eigenvalue weighted by molar-refractivity contribution is 7.89. The summed E-state index contributed by atoms with van der Waals surface area (Å²) < 4.78 is 29.1. The second-order valence-electron chi connectivity index (χ2n) is 7.57. The van der Waals surface area contributed by atoms with Crippen LogP contribution in [0.25, 0.3) is 16.9 Å². The van der Waals surface area contributed by atoms with E-state index in [0.717, 1.165) is 21.6 Å². The van der Waals surface area contributed by atoms with Crippen molar-refractivity contribution in [2.45, 2.75) is 18.4 Å². The number of hydrogen-bond donors (Lipinski definition) is 3. The minimum atomic E-state index is -4.17. The van der Waals surface area contributed by atoms with Crippen LogP contribution in [0.2, 0.25) is 0 Å². The van der Waals surface area contributed by atoms with Gasteiger partial charge in [-0.25, -0.2) is 13.1 Å². The Balaban J connectivity index is 1.78. The molecule has 0 unspecified atom stereocenters. The molecule has 0 amide bonds. The molecule has 4 rings (SSSR count). The van der Waals surface area contributed by atoms with Gasteiger partial charge in [-0.2, -0.15) is 9.40 Å². The van der Waals surface area contributed by atoms with E-state index in [1.54, 1.807) is 23.0 Å². The fourth-order valence-electron chi connectivity index (χ4n) is 3.57. The van der Waals surface area contributed by atoms with E-state index in [2.05, 4.69) is 10.1 Å². The first-order valence-electron chi connectivity index (χ1n) is 9.99. The average molecular weight is 467 g/mol. The second kappa shape index (κ2) is 8.57. The molecule has 0 aliphatic heterocycles. The van der Waals surface area contributed by atoms with E-state index < -0.39 is 15.8 Å². The maximum atomic E-state index is 13.3. The normalized spacial score (nSPS) is 11.7. The molecule has 0 spiro atoms. The lowest BCUT2D eigenvalue weighted by atomic mass is 10.1. The van der Waals surface area contributed by atoms with Gasteiger partial charge >= 0.3 is 0 Å². The van der Waals surface area contributed by atoms with Gasteiger partial charge in [0.25, 0.3) is 0 Å². The number of pyridine rings is 1. The van der Waals surface area contributed by atoms with Gasteiger partial charge in [-0.05, 0) is 42.3 Å². The van der Waals surface area contributed by atoms with Gasteiger partial charge in [0.2, 0.25) is 15.6 Å². The largest absolute Gasteiger partial charge is 0.507 e. The van der Waals surface area contributed by atoms with E-state index in [-0.39, 0.29) is 28.3 Å². The number of phenolic OH excluding ortho intramolecular Hbond substituents is 2. The van der Waals surface area contributed by atoms with Gasteiger partial charge in [0.1, 0.15) is 16.4 Å². The highest BCUT2D eigenvalue weighted by atomic mass is 32.2. The van der Waals surface area contributed by atoms with Gasteiger partial charge in [-0.1, -0.05) is 18.2 Å². The Morgan fingerprint density at radius 2 is 1.82 bits per heavy atom. The van der Waals surface area contributed by atoms with Crippen molar-refractivity contribution < 1.29 is 18.6 Å². The van der Waals surface area contributed by atoms with Crippen LogP contribution in [-0.4, -0.2) is 44.7 Å². The predicted octanol–water partition coefficient (Wildman–Crippen LogP) is 2.77. The number of para-hydroxylation sites is 1. The maximum absolute atomic E-state index is 13.3. The molecule has 2 aromatic carbocycles. The molecule has 0 aliphatic rings. The monoisotopic (exact) mass is 466 g/mol. The van der Waals surface area contributed by atoms with E-state index in [9.17, 15) is 23.4 Å². The number of nitrogens with zero attached hydrogens (tertiary/aromatic N) is 3. The number of rotatable bonds is 6. The zero-order valence-electron chi connectivity index (χ0n) is 17.9. The highest BCUT2D eigenvalue weighted by Crippen LogP contribution is 2.38. The maximum Gasteiger partial charge on any atom is 0.248 e. The third kappa shape index (κ3) is 4.26. The predicted molar refractivity (Wildman–Crippen MR) is 123 cm³/mol. The van der Waals surface area contributed by atoms with Crippen LogP contribution in [0.5, 0.6) is 11.5 Å². The van der Waals surface area contributed by atoms with E-state index in [1.165, 1.54) is 25.4 Å². The lowest BCUT2D eigenvalue weighted by Crippen LogP contribution is -2.27. The SMILES string of the molecule is Cc1ccccc1-n1nccc1-c1cc(S(=O)(=O)N(C)Cc2cc[nH]c(=O)c2)c(O)cc1O. The summed E-state index contributed by atoms with van der Waals surface area (Å²) in [6, 6.07) is 14.3. The van der Waals surface area contributed by atoms with Crippen molar-refractivity contribution in [1.29, 1.82) is 0 Å². The minimum Gasteiger partial charge on any atom is -0.507 e. The quantitative estimate of drug-likeness (QED) is 0.401. The molecule has 0 saturated heterocycles. The number of H-pyrrole nitrogens is 1. The Morgan fingerprint density at radius 1 is 1.06 bits per heavy atom. The summed E-state index contributed by atoms with van der Waals surface area (Å²) in [7, 11) is -2.82. The Morgan fingerprint density at radius 3 is 2.55 bits per heavy atom. The summed E-state index contributed by atoms with van der Waals surface area (Å²) in [4.78, 5) is 13.6. The number of nitrogens with one attached hydrogen (secondary N) is 1. The summed E-state index contributed by atoms with van der Waals surface area (Å²) >= 11 is 0. The molecule has 0 fully saturated rings. The van der Waals surface area contributed by atoms with Crippen LogP contribution in [0.4, 0.5) is 0 Å². The number of benzene rings is 2. The first kappa shape index (κ1) is 22.3. The molecule has 0 radical (unpaired) electrons. The number of aromatic amines is 1. The number of aromatic hydroxyl groups is 2. The van der Waals surface area contributed by atoms with E-state index in [4.69, 9.17) is 0 Å². The van der Waals surface area contributed by atoms with Crippen molar-refractivity contribution in [3.05, 3.63) is 88.5 Å². The van der Waals surface area contributed by atoms with Crippen molar-refractivity contribution in [3.8, 4) is 28.4 Å². The minimum absolute atomic E-state index is 0.0803. The van der Waals surface area contributed by atoms with Crippen molar-refractivity contribution in [2.24, 2.45) is 0 Å². The second-order valence-corrected chi connectivity index (χ2v) is 9.59. The lowest BCUT2D eigenvalue weighted by Gasteiger charge is -2.19. The summed E-state index contributed by atoms with van der Waals surface area (Å²) in [5.41, 5.74) is 2.48. The standard InChI is InChI=1S/C23H22N4O5S/c1-15-5-3-4-6-18(15)27-19(8-10-25-27)17-12-22(21(29)13-20(17)28)33(31,32)26(2)14-16-7-9-24-23(30)11-16/h3-13,28-29H,14H2,1-2H3,(H,24,30). The summed E-state index contributed by atoms with van der Waals surface area (Å²) in [6.07, 6.45) is 2.97. The Kier molecular flexibility index (Phi) is 5.79. The van der Waals surface area contributed by atoms with Crippen molar-refractivity contribution in [1.82, 2.24) is 19.1 Å². The molecule has 9 nitrogen and oxygen atoms in total. The van der Waals surface area contributed by atoms with E-state index in [0.29, 0.717) is 11.3 Å². The zero-order chi connectivity index (χ0) is 23.8.